The van der Waals surface area contributed by atoms with Crippen LogP contribution in [-0.2, 0) is 4.74 Å². The van der Waals surface area contributed by atoms with Crippen LogP contribution in [0.3, 0.4) is 0 Å². The van der Waals surface area contributed by atoms with Gasteiger partial charge in [-0.3, -0.25) is 4.90 Å². The van der Waals surface area contributed by atoms with Crippen LogP contribution < -0.4 is 5.32 Å². The molecule has 2 atom stereocenters. The largest absolute Gasteiger partial charge is 0.395 e. The molecule has 0 aromatic rings. The monoisotopic (exact) mass is 216 g/mol. The Labute approximate surface area is 92.6 Å². The number of aliphatic hydroxyl groups is 1. The molecule has 4 nitrogen and oxygen atoms in total. The van der Waals surface area contributed by atoms with Gasteiger partial charge in [0.1, 0.15) is 0 Å². The molecule has 0 bridgehead atoms. The lowest BCUT2D eigenvalue weighted by molar-refractivity contribution is -0.130. The fourth-order valence-corrected chi connectivity index (χ4v) is 2.28. The Morgan fingerprint density at radius 1 is 1.60 bits per heavy atom. The van der Waals surface area contributed by atoms with Crippen molar-refractivity contribution in [1.29, 1.82) is 0 Å². The van der Waals surface area contributed by atoms with Gasteiger partial charge >= 0.3 is 0 Å². The van der Waals surface area contributed by atoms with E-state index in [9.17, 15) is 0 Å². The minimum Gasteiger partial charge on any atom is -0.395 e. The van der Waals surface area contributed by atoms with Crippen molar-refractivity contribution in [2.45, 2.75) is 38.5 Å². The Bertz CT molecular complexity index is 193. The van der Waals surface area contributed by atoms with Gasteiger partial charge in [0, 0.05) is 25.7 Å². The van der Waals surface area contributed by atoms with E-state index in [2.05, 4.69) is 31.0 Å². The molecule has 1 fully saturated rings. The van der Waals surface area contributed by atoms with E-state index in [-0.39, 0.29) is 24.4 Å². The molecular weight excluding hydrogens is 192 g/mol. The number of nitrogens with zero attached hydrogens (tertiary/aromatic N) is 1. The van der Waals surface area contributed by atoms with Crippen LogP contribution in [0, 0.1) is 0 Å². The van der Waals surface area contributed by atoms with Crippen molar-refractivity contribution in [2.24, 2.45) is 0 Å². The second-order valence-corrected chi connectivity index (χ2v) is 5.05. The molecular formula is C11H24N2O2. The van der Waals surface area contributed by atoms with Crippen LogP contribution in [0.2, 0.25) is 0 Å². The average molecular weight is 216 g/mol. The maximum absolute atomic E-state index is 9.13. The van der Waals surface area contributed by atoms with Gasteiger partial charge in [0.15, 0.2) is 0 Å². The summed E-state index contributed by atoms with van der Waals surface area (Å²) in [6.45, 7) is 9.26. The predicted octanol–water partition coefficient (Wildman–Crippen LogP) is 0.0660. The first-order valence-electron chi connectivity index (χ1n) is 5.65. The van der Waals surface area contributed by atoms with Crippen molar-refractivity contribution in [3.05, 3.63) is 0 Å². The van der Waals surface area contributed by atoms with E-state index in [1.54, 1.807) is 0 Å². The molecule has 1 heterocycles. The molecule has 0 amide bonds. The molecule has 0 aliphatic carbocycles. The molecule has 1 aliphatic heterocycles. The zero-order chi connectivity index (χ0) is 11.5. The Hall–Kier alpha value is -0.160. The number of likely N-dealkylation sites (N-methyl/N-ethyl adjacent to an activating group) is 1. The summed E-state index contributed by atoms with van der Waals surface area (Å²) < 4.78 is 5.83. The highest BCUT2D eigenvalue weighted by Gasteiger charge is 2.31. The third-order valence-corrected chi connectivity index (χ3v) is 2.75. The molecule has 2 N–H and O–H groups in total. The van der Waals surface area contributed by atoms with Gasteiger partial charge < -0.3 is 15.2 Å². The second-order valence-electron chi connectivity index (χ2n) is 5.05. The topological polar surface area (TPSA) is 44.7 Å². The van der Waals surface area contributed by atoms with E-state index in [0.717, 1.165) is 19.6 Å². The molecule has 0 radical (unpaired) electrons. The van der Waals surface area contributed by atoms with Crippen molar-refractivity contribution < 1.29 is 9.84 Å². The van der Waals surface area contributed by atoms with E-state index in [1.807, 2.05) is 7.05 Å². The van der Waals surface area contributed by atoms with Crippen LogP contribution in [0.5, 0.6) is 0 Å². The van der Waals surface area contributed by atoms with E-state index < -0.39 is 0 Å². The molecule has 4 heteroatoms. The summed E-state index contributed by atoms with van der Waals surface area (Å²) in [5, 5.41) is 12.2. The highest BCUT2D eigenvalue weighted by molar-refractivity contribution is 4.84. The molecule has 0 spiro atoms. The Morgan fingerprint density at radius 3 is 2.73 bits per heavy atom. The third-order valence-electron chi connectivity index (χ3n) is 2.75. The van der Waals surface area contributed by atoms with Gasteiger partial charge in [0.25, 0.3) is 0 Å². The standard InChI is InChI=1S/C11H24N2O2/c1-9-5-13(6-10(7-14)12-4)8-11(2,3)15-9/h9-10,12,14H,5-8H2,1-4H3. The SMILES string of the molecule is CNC(CO)CN1CC(C)OC(C)(C)C1. The lowest BCUT2D eigenvalue weighted by Gasteiger charge is -2.42. The molecule has 1 aliphatic rings. The minimum atomic E-state index is -0.0780. The summed E-state index contributed by atoms with van der Waals surface area (Å²) in [7, 11) is 1.88. The summed E-state index contributed by atoms with van der Waals surface area (Å²) in [6.07, 6.45) is 0.268. The van der Waals surface area contributed by atoms with Crippen molar-refractivity contribution >= 4 is 0 Å². The lowest BCUT2D eigenvalue weighted by atomic mass is 10.0. The Morgan fingerprint density at radius 2 is 2.27 bits per heavy atom. The highest BCUT2D eigenvalue weighted by Crippen LogP contribution is 2.20. The van der Waals surface area contributed by atoms with Crippen LogP contribution in [0.15, 0.2) is 0 Å². The first kappa shape index (κ1) is 12.9. The van der Waals surface area contributed by atoms with Gasteiger partial charge in [0.2, 0.25) is 0 Å². The van der Waals surface area contributed by atoms with Gasteiger partial charge in [-0.15, -0.1) is 0 Å². The number of morpholine rings is 1. The number of nitrogens with one attached hydrogen (secondary N) is 1. The first-order valence-corrected chi connectivity index (χ1v) is 5.65. The Balaban J connectivity index is 2.47. The molecule has 0 aromatic heterocycles. The predicted molar refractivity (Wildman–Crippen MR) is 61.0 cm³/mol. The fraction of sp³-hybridized carbons (Fsp3) is 1.00. The smallest absolute Gasteiger partial charge is 0.0757 e. The summed E-state index contributed by atoms with van der Waals surface area (Å²) in [4.78, 5) is 2.35. The van der Waals surface area contributed by atoms with E-state index in [4.69, 9.17) is 9.84 Å². The summed E-state index contributed by atoms with van der Waals surface area (Å²) in [5.41, 5.74) is -0.0780. The number of rotatable bonds is 4. The van der Waals surface area contributed by atoms with Crippen LogP contribution in [0.1, 0.15) is 20.8 Å². The van der Waals surface area contributed by atoms with E-state index >= 15 is 0 Å². The zero-order valence-corrected chi connectivity index (χ0v) is 10.3. The number of hydrogen-bond donors (Lipinski definition) is 2. The quantitative estimate of drug-likeness (QED) is 0.698. The van der Waals surface area contributed by atoms with Gasteiger partial charge in [-0.1, -0.05) is 0 Å². The van der Waals surface area contributed by atoms with Crippen LogP contribution >= 0.6 is 0 Å². The van der Waals surface area contributed by atoms with Gasteiger partial charge in [0.05, 0.1) is 18.3 Å². The zero-order valence-electron chi connectivity index (χ0n) is 10.3. The molecule has 0 aromatic carbocycles. The van der Waals surface area contributed by atoms with Crippen LogP contribution in [0.4, 0.5) is 0 Å². The molecule has 90 valence electrons. The van der Waals surface area contributed by atoms with Crippen LogP contribution in [-0.4, -0.2) is 61.0 Å². The molecule has 1 rings (SSSR count). The number of hydrogen-bond acceptors (Lipinski definition) is 4. The first-order chi connectivity index (χ1) is 6.96. The summed E-state index contributed by atoms with van der Waals surface area (Å²) in [6, 6.07) is 0.158. The highest BCUT2D eigenvalue weighted by atomic mass is 16.5. The van der Waals surface area contributed by atoms with Crippen molar-refractivity contribution in [3.63, 3.8) is 0 Å². The molecule has 2 unspecified atom stereocenters. The van der Waals surface area contributed by atoms with Gasteiger partial charge in [-0.2, -0.15) is 0 Å². The van der Waals surface area contributed by atoms with E-state index in [0.29, 0.717) is 0 Å². The van der Waals surface area contributed by atoms with Gasteiger partial charge in [-0.25, -0.2) is 0 Å². The van der Waals surface area contributed by atoms with Crippen molar-refractivity contribution in [1.82, 2.24) is 10.2 Å². The molecule has 1 saturated heterocycles. The Kier molecular flexibility index (Phi) is 4.52. The maximum atomic E-state index is 9.13. The van der Waals surface area contributed by atoms with Crippen LogP contribution in [0.25, 0.3) is 0 Å². The fourth-order valence-electron chi connectivity index (χ4n) is 2.28. The number of ether oxygens (including phenoxy) is 1. The third kappa shape index (κ3) is 4.07. The summed E-state index contributed by atoms with van der Waals surface area (Å²) in [5.74, 6) is 0. The van der Waals surface area contributed by atoms with E-state index in [1.165, 1.54) is 0 Å². The van der Waals surface area contributed by atoms with Crippen molar-refractivity contribution in [3.8, 4) is 0 Å². The number of aliphatic hydroxyl groups excluding tert-OH is 1. The molecule has 0 saturated carbocycles. The normalized spacial score (nSPS) is 29.0. The average Bonchev–Trinajstić information content (AvgIpc) is 2.10. The molecule has 15 heavy (non-hydrogen) atoms. The summed E-state index contributed by atoms with van der Waals surface area (Å²) >= 11 is 0. The lowest BCUT2D eigenvalue weighted by Crippen LogP contribution is -2.55. The second kappa shape index (κ2) is 5.25. The minimum absolute atomic E-state index is 0.0780. The van der Waals surface area contributed by atoms with Crippen molar-refractivity contribution in [2.75, 3.05) is 33.3 Å². The van der Waals surface area contributed by atoms with Gasteiger partial charge in [-0.05, 0) is 27.8 Å². The maximum Gasteiger partial charge on any atom is 0.0757 e.